The third-order valence-corrected chi connectivity index (χ3v) is 5.22. The molecule has 0 aliphatic heterocycles. The molecule has 1 heterocycles. The summed E-state index contributed by atoms with van der Waals surface area (Å²) in [6.07, 6.45) is 10.3. The van der Waals surface area contributed by atoms with Crippen LogP contribution in [0.5, 0.6) is 0 Å². The molecule has 0 spiro atoms. The molecule has 1 aliphatic rings. The summed E-state index contributed by atoms with van der Waals surface area (Å²) in [6.45, 7) is 5.22. The molecule has 0 saturated heterocycles. The Morgan fingerprint density at radius 2 is 1.70 bits per heavy atom. The number of rotatable bonds is 4. The quantitative estimate of drug-likeness (QED) is 0.747. The maximum atomic E-state index is 4.87. The fraction of sp³-hybridized carbons (Fsp3) is 0.750. The second kappa shape index (κ2) is 8.15. The monoisotopic (exact) mass is 387 g/mol. The van der Waals surface area contributed by atoms with Gasteiger partial charge in [0.05, 0.1) is 9.26 Å². The van der Waals surface area contributed by atoms with Crippen LogP contribution < -0.4 is 5.32 Å². The maximum absolute atomic E-state index is 4.87. The van der Waals surface area contributed by atoms with Crippen LogP contribution in [0.2, 0.25) is 0 Å². The third kappa shape index (κ3) is 4.06. The molecule has 1 N–H and O–H groups in total. The summed E-state index contributed by atoms with van der Waals surface area (Å²) in [5.74, 6) is 2.69. The van der Waals surface area contributed by atoms with Gasteiger partial charge < -0.3 is 5.32 Å². The lowest BCUT2D eigenvalue weighted by molar-refractivity contribution is 0.441. The van der Waals surface area contributed by atoms with Gasteiger partial charge in [-0.2, -0.15) is 0 Å². The number of halogens is 1. The van der Waals surface area contributed by atoms with Crippen molar-refractivity contribution in [2.45, 2.75) is 71.1 Å². The summed E-state index contributed by atoms with van der Waals surface area (Å²) >= 11 is 2.38. The van der Waals surface area contributed by atoms with Gasteiger partial charge in [-0.15, -0.1) is 0 Å². The summed E-state index contributed by atoms with van der Waals surface area (Å²) in [4.78, 5) is 9.71. The summed E-state index contributed by atoms with van der Waals surface area (Å²) in [7, 11) is 0. The lowest BCUT2D eigenvalue weighted by Crippen LogP contribution is -2.13. The Morgan fingerprint density at radius 3 is 2.30 bits per heavy atom. The highest BCUT2D eigenvalue weighted by molar-refractivity contribution is 14.1. The van der Waals surface area contributed by atoms with Crippen molar-refractivity contribution in [2.75, 3.05) is 11.9 Å². The van der Waals surface area contributed by atoms with Crippen LogP contribution >= 0.6 is 22.6 Å². The van der Waals surface area contributed by atoms with Crippen molar-refractivity contribution in [3.8, 4) is 0 Å². The molecule has 0 bridgehead atoms. The zero-order valence-electron chi connectivity index (χ0n) is 12.7. The van der Waals surface area contributed by atoms with Crippen molar-refractivity contribution in [1.82, 2.24) is 9.97 Å². The van der Waals surface area contributed by atoms with Gasteiger partial charge in [0, 0.05) is 12.5 Å². The fourth-order valence-electron chi connectivity index (χ4n) is 2.93. The molecule has 20 heavy (non-hydrogen) atoms. The van der Waals surface area contributed by atoms with Gasteiger partial charge in [-0.1, -0.05) is 39.0 Å². The van der Waals surface area contributed by atoms with Gasteiger partial charge in [-0.05, 0) is 48.8 Å². The zero-order valence-corrected chi connectivity index (χ0v) is 14.9. The fourth-order valence-corrected chi connectivity index (χ4v) is 3.74. The Morgan fingerprint density at radius 1 is 1.05 bits per heavy atom. The molecule has 2 rings (SSSR count). The Balaban J connectivity index is 2.26. The summed E-state index contributed by atoms with van der Waals surface area (Å²) in [5.41, 5.74) is 1.20. The van der Waals surface area contributed by atoms with Gasteiger partial charge in [-0.3, -0.25) is 0 Å². The van der Waals surface area contributed by atoms with Gasteiger partial charge in [0.1, 0.15) is 11.6 Å². The summed E-state index contributed by atoms with van der Waals surface area (Å²) in [5, 5.41) is 3.40. The summed E-state index contributed by atoms with van der Waals surface area (Å²) in [6, 6.07) is 0. The molecule has 0 aromatic carbocycles. The van der Waals surface area contributed by atoms with E-state index < -0.39 is 0 Å². The smallest absolute Gasteiger partial charge is 0.143 e. The minimum atomic E-state index is 0.565. The third-order valence-electron chi connectivity index (χ3n) is 4.09. The van der Waals surface area contributed by atoms with Crippen LogP contribution in [0, 0.1) is 3.57 Å². The molecule has 1 aromatic rings. The van der Waals surface area contributed by atoms with Crippen LogP contribution in [0.15, 0.2) is 0 Å². The average molecular weight is 387 g/mol. The number of anilines is 1. The van der Waals surface area contributed by atoms with Crippen molar-refractivity contribution in [2.24, 2.45) is 0 Å². The first-order valence-electron chi connectivity index (χ1n) is 8.06. The highest BCUT2D eigenvalue weighted by atomic mass is 127. The van der Waals surface area contributed by atoms with Crippen molar-refractivity contribution in [3.05, 3.63) is 15.1 Å². The van der Waals surface area contributed by atoms with E-state index in [0.29, 0.717) is 5.92 Å². The second-order valence-corrected chi connectivity index (χ2v) is 6.70. The van der Waals surface area contributed by atoms with E-state index in [9.17, 15) is 0 Å². The van der Waals surface area contributed by atoms with Gasteiger partial charge >= 0.3 is 0 Å². The molecule has 4 heteroatoms. The lowest BCUT2D eigenvalue weighted by atomic mass is 9.90. The average Bonchev–Trinajstić information content (AvgIpc) is 2.41. The zero-order chi connectivity index (χ0) is 14.4. The SMILES string of the molecule is CCNc1nc(C2CCCCCCC2)nc(CC)c1I. The van der Waals surface area contributed by atoms with Crippen molar-refractivity contribution in [3.63, 3.8) is 0 Å². The van der Waals surface area contributed by atoms with E-state index in [4.69, 9.17) is 9.97 Å². The van der Waals surface area contributed by atoms with Crippen LogP contribution in [-0.4, -0.2) is 16.5 Å². The van der Waals surface area contributed by atoms with Gasteiger partial charge in [0.2, 0.25) is 0 Å². The van der Waals surface area contributed by atoms with Gasteiger partial charge in [0.25, 0.3) is 0 Å². The molecule has 1 aliphatic carbocycles. The predicted octanol–water partition coefficient (Wildman–Crippen LogP) is 4.90. The molecule has 1 saturated carbocycles. The Kier molecular flexibility index (Phi) is 6.52. The van der Waals surface area contributed by atoms with Gasteiger partial charge in [-0.25, -0.2) is 9.97 Å². The van der Waals surface area contributed by atoms with E-state index in [-0.39, 0.29) is 0 Å². The standard InChI is InChI=1S/C16H26IN3/c1-3-13-14(17)16(18-4-2)20-15(19-13)12-10-8-6-5-7-9-11-12/h12H,3-11H2,1-2H3,(H,18,19,20). The van der Waals surface area contributed by atoms with Crippen LogP contribution in [0.3, 0.4) is 0 Å². The molecule has 112 valence electrons. The minimum absolute atomic E-state index is 0.565. The molecule has 1 aromatic heterocycles. The number of hydrogen-bond acceptors (Lipinski definition) is 3. The normalized spacial score (nSPS) is 17.6. The maximum Gasteiger partial charge on any atom is 0.143 e. The van der Waals surface area contributed by atoms with E-state index in [1.165, 1.54) is 54.2 Å². The molecule has 3 nitrogen and oxygen atoms in total. The van der Waals surface area contributed by atoms with E-state index >= 15 is 0 Å². The minimum Gasteiger partial charge on any atom is -0.369 e. The first-order chi connectivity index (χ1) is 9.76. The van der Waals surface area contributed by atoms with E-state index in [1.807, 2.05) is 0 Å². The molecule has 0 unspecified atom stereocenters. The number of hydrogen-bond donors (Lipinski definition) is 1. The van der Waals surface area contributed by atoms with Crippen LogP contribution in [0.4, 0.5) is 5.82 Å². The Bertz CT molecular complexity index is 426. The molecule has 0 radical (unpaired) electrons. The highest BCUT2D eigenvalue weighted by Crippen LogP contribution is 2.31. The Labute approximate surface area is 136 Å². The number of nitrogens with zero attached hydrogens (tertiary/aromatic N) is 2. The van der Waals surface area contributed by atoms with Crippen molar-refractivity contribution in [1.29, 1.82) is 0 Å². The molecular weight excluding hydrogens is 361 g/mol. The largest absolute Gasteiger partial charge is 0.369 e. The van der Waals surface area contributed by atoms with Crippen LogP contribution in [0.25, 0.3) is 0 Å². The first kappa shape index (κ1) is 16.0. The van der Waals surface area contributed by atoms with E-state index in [1.54, 1.807) is 0 Å². The molecular formula is C16H26IN3. The topological polar surface area (TPSA) is 37.8 Å². The molecule has 0 amide bonds. The van der Waals surface area contributed by atoms with Crippen molar-refractivity contribution < 1.29 is 0 Å². The highest BCUT2D eigenvalue weighted by Gasteiger charge is 2.19. The van der Waals surface area contributed by atoms with E-state index in [0.717, 1.165) is 24.6 Å². The van der Waals surface area contributed by atoms with Crippen LogP contribution in [-0.2, 0) is 6.42 Å². The second-order valence-electron chi connectivity index (χ2n) is 5.62. The van der Waals surface area contributed by atoms with E-state index in [2.05, 4.69) is 41.8 Å². The van der Waals surface area contributed by atoms with Gasteiger partial charge in [0.15, 0.2) is 0 Å². The number of aryl methyl sites for hydroxylation is 1. The van der Waals surface area contributed by atoms with Crippen molar-refractivity contribution >= 4 is 28.4 Å². The van der Waals surface area contributed by atoms with Crippen LogP contribution in [0.1, 0.15) is 76.2 Å². The predicted molar refractivity (Wildman–Crippen MR) is 93.4 cm³/mol. The summed E-state index contributed by atoms with van der Waals surface area (Å²) < 4.78 is 1.20. The lowest BCUT2D eigenvalue weighted by Gasteiger charge is -2.20. The molecule has 1 fully saturated rings. The Hall–Kier alpha value is -0.390. The number of nitrogens with one attached hydrogen (secondary N) is 1. The molecule has 0 atom stereocenters. The number of aromatic nitrogens is 2. The first-order valence-corrected chi connectivity index (χ1v) is 9.14.